The van der Waals surface area contributed by atoms with E-state index in [-0.39, 0.29) is 17.5 Å². The summed E-state index contributed by atoms with van der Waals surface area (Å²) in [5.41, 5.74) is 1.16. The quantitative estimate of drug-likeness (QED) is 0.620. The minimum atomic E-state index is -0.528. The maximum Gasteiger partial charge on any atom is 0.177 e. The third-order valence-corrected chi connectivity index (χ3v) is 4.11. The van der Waals surface area contributed by atoms with E-state index in [9.17, 15) is 9.59 Å². The first-order valence-electron chi connectivity index (χ1n) is 6.92. The summed E-state index contributed by atoms with van der Waals surface area (Å²) in [7, 11) is 0. The van der Waals surface area contributed by atoms with Crippen LogP contribution in [0.25, 0.3) is 5.52 Å². The second-order valence-electron chi connectivity index (χ2n) is 5.79. The summed E-state index contributed by atoms with van der Waals surface area (Å²) in [5.74, 6) is -0.126. The highest BCUT2D eigenvalue weighted by molar-refractivity contribution is 6.14. The normalized spacial score (nSPS) is 26.9. The average Bonchev–Trinajstić information content (AvgIpc) is 2.81. The molecule has 2 aromatic rings. The molecule has 3 atom stereocenters. The van der Waals surface area contributed by atoms with Crippen LogP contribution in [-0.4, -0.2) is 26.2 Å². The van der Waals surface area contributed by atoms with Crippen molar-refractivity contribution < 1.29 is 9.59 Å². The van der Waals surface area contributed by atoms with Gasteiger partial charge in [-0.05, 0) is 18.3 Å². The summed E-state index contributed by atoms with van der Waals surface area (Å²) in [5, 5.41) is 4.14. The van der Waals surface area contributed by atoms with Crippen molar-refractivity contribution in [2.24, 2.45) is 17.8 Å². The minimum absolute atomic E-state index is 0.0597. The van der Waals surface area contributed by atoms with Gasteiger partial charge in [-0.15, -0.1) is 0 Å². The van der Waals surface area contributed by atoms with Crippen molar-refractivity contribution in [3.63, 3.8) is 0 Å². The van der Waals surface area contributed by atoms with Gasteiger partial charge in [0.05, 0.1) is 29.4 Å². The van der Waals surface area contributed by atoms with Gasteiger partial charge in [0.1, 0.15) is 5.78 Å². The fraction of sp³-hybridized carbons (Fsp3) is 0.467. The SMILES string of the molecule is CC1CC(=O)C(C(=O)c2cnn3ccncc23)C(C)C1. The highest BCUT2D eigenvalue weighted by atomic mass is 16.2. The van der Waals surface area contributed by atoms with E-state index in [1.165, 1.54) is 6.20 Å². The number of carbonyl (C=O) groups excluding carboxylic acids is 2. The number of nitrogens with zero attached hydrogens (tertiary/aromatic N) is 3. The van der Waals surface area contributed by atoms with Crippen molar-refractivity contribution in [3.8, 4) is 0 Å². The van der Waals surface area contributed by atoms with Gasteiger partial charge in [-0.1, -0.05) is 13.8 Å². The number of Topliss-reactive ketones (excluding diaryl/α,β-unsaturated/α-hetero) is 2. The summed E-state index contributed by atoms with van der Waals surface area (Å²) in [4.78, 5) is 28.9. The minimum Gasteiger partial charge on any atom is -0.299 e. The molecule has 0 radical (unpaired) electrons. The third-order valence-electron chi connectivity index (χ3n) is 4.11. The van der Waals surface area contributed by atoms with Crippen LogP contribution in [0.3, 0.4) is 0 Å². The van der Waals surface area contributed by atoms with Crippen LogP contribution in [0, 0.1) is 17.8 Å². The molecule has 0 bridgehead atoms. The summed E-state index contributed by atoms with van der Waals surface area (Å²) in [6.07, 6.45) is 7.88. The molecule has 0 aromatic carbocycles. The maximum atomic E-state index is 12.7. The first kappa shape index (κ1) is 13.0. The largest absolute Gasteiger partial charge is 0.299 e. The van der Waals surface area contributed by atoms with E-state index in [0.717, 1.165) is 6.42 Å². The van der Waals surface area contributed by atoms with Crippen molar-refractivity contribution in [3.05, 3.63) is 30.4 Å². The molecule has 0 aliphatic heterocycles. The van der Waals surface area contributed by atoms with Gasteiger partial charge in [0.15, 0.2) is 5.78 Å². The summed E-state index contributed by atoms with van der Waals surface area (Å²) in [6, 6.07) is 0. The lowest BCUT2D eigenvalue weighted by Gasteiger charge is -2.30. The van der Waals surface area contributed by atoms with Crippen molar-refractivity contribution in [2.75, 3.05) is 0 Å². The lowest BCUT2D eigenvalue weighted by molar-refractivity contribution is -0.125. The van der Waals surface area contributed by atoms with Crippen LogP contribution >= 0.6 is 0 Å². The molecule has 0 spiro atoms. The Morgan fingerprint density at radius 3 is 2.90 bits per heavy atom. The number of aromatic nitrogens is 3. The van der Waals surface area contributed by atoms with Gasteiger partial charge in [-0.2, -0.15) is 5.10 Å². The fourth-order valence-corrected chi connectivity index (χ4v) is 3.24. The Hall–Kier alpha value is -2.04. The van der Waals surface area contributed by atoms with E-state index >= 15 is 0 Å². The molecule has 5 nitrogen and oxygen atoms in total. The highest BCUT2D eigenvalue weighted by Crippen LogP contribution is 2.33. The van der Waals surface area contributed by atoms with E-state index < -0.39 is 5.92 Å². The zero-order chi connectivity index (χ0) is 14.3. The highest BCUT2D eigenvalue weighted by Gasteiger charge is 2.38. The lowest BCUT2D eigenvalue weighted by atomic mass is 9.72. The van der Waals surface area contributed by atoms with Gasteiger partial charge in [0, 0.05) is 18.8 Å². The van der Waals surface area contributed by atoms with Crippen molar-refractivity contribution in [1.29, 1.82) is 0 Å². The third kappa shape index (κ3) is 2.03. The molecule has 1 saturated carbocycles. The Balaban J connectivity index is 1.98. The molecule has 3 unspecified atom stereocenters. The number of ketones is 2. The monoisotopic (exact) mass is 271 g/mol. The molecular weight excluding hydrogens is 254 g/mol. The predicted octanol–water partition coefficient (Wildman–Crippen LogP) is 2.16. The van der Waals surface area contributed by atoms with Crippen molar-refractivity contribution in [1.82, 2.24) is 14.6 Å². The van der Waals surface area contributed by atoms with Crippen LogP contribution in [0.5, 0.6) is 0 Å². The second kappa shape index (κ2) is 4.81. The predicted molar refractivity (Wildman–Crippen MR) is 73.4 cm³/mol. The van der Waals surface area contributed by atoms with Gasteiger partial charge in [-0.25, -0.2) is 4.52 Å². The van der Waals surface area contributed by atoms with Crippen LogP contribution in [0.1, 0.15) is 37.0 Å². The van der Waals surface area contributed by atoms with E-state index in [0.29, 0.717) is 23.4 Å². The number of hydrogen-bond acceptors (Lipinski definition) is 4. The molecule has 1 aliphatic rings. The van der Waals surface area contributed by atoms with Crippen LogP contribution in [0.15, 0.2) is 24.8 Å². The number of fused-ring (bicyclic) bond motifs is 1. The van der Waals surface area contributed by atoms with Crippen molar-refractivity contribution >= 4 is 17.1 Å². The molecule has 2 aromatic heterocycles. The zero-order valence-corrected chi connectivity index (χ0v) is 11.6. The summed E-state index contributed by atoms with van der Waals surface area (Å²) < 4.78 is 1.61. The number of carbonyl (C=O) groups is 2. The molecule has 3 rings (SSSR count). The van der Waals surface area contributed by atoms with Crippen molar-refractivity contribution in [2.45, 2.75) is 26.7 Å². The first-order valence-corrected chi connectivity index (χ1v) is 6.92. The molecule has 1 fully saturated rings. The van der Waals surface area contributed by atoms with Gasteiger partial charge < -0.3 is 0 Å². The van der Waals surface area contributed by atoms with Crippen LogP contribution < -0.4 is 0 Å². The summed E-state index contributed by atoms with van der Waals surface area (Å²) >= 11 is 0. The van der Waals surface area contributed by atoms with Gasteiger partial charge in [-0.3, -0.25) is 14.6 Å². The number of rotatable bonds is 2. The first-order chi connectivity index (χ1) is 9.58. The lowest BCUT2D eigenvalue weighted by Crippen LogP contribution is -2.36. The Morgan fingerprint density at radius 2 is 2.15 bits per heavy atom. The molecule has 0 saturated heterocycles. The molecule has 2 heterocycles. The molecule has 0 N–H and O–H groups in total. The van der Waals surface area contributed by atoms with E-state index in [4.69, 9.17) is 0 Å². The molecule has 0 amide bonds. The topological polar surface area (TPSA) is 64.3 Å². The van der Waals surface area contributed by atoms with E-state index in [1.807, 2.05) is 6.92 Å². The van der Waals surface area contributed by atoms with Gasteiger partial charge in [0.2, 0.25) is 0 Å². The van der Waals surface area contributed by atoms with Crippen LogP contribution in [-0.2, 0) is 4.79 Å². The van der Waals surface area contributed by atoms with Gasteiger partial charge >= 0.3 is 0 Å². The molecule has 20 heavy (non-hydrogen) atoms. The van der Waals surface area contributed by atoms with Gasteiger partial charge in [0.25, 0.3) is 0 Å². The summed E-state index contributed by atoms with van der Waals surface area (Å²) in [6.45, 7) is 4.05. The Kier molecular flexibility index (Phi) is 3.12. The smallest absolute Gasteiger partial charge is 0.177 e. The standard InChI is InChI=1S/C15H17N3O2/c1-9-5-10(2)14(13(19)6-9)15(20)11-7-17-18-4-3-16-8-12(11)18/h3-4,7-10,14H,5-6H2,1-2H3. The maximum absolute atomic E-state index is 12.7. The molecule has 1 aliphatic carbocycles. The van der Waals surface area contributed by atoms with Crippen LogP contribution in [0.4, 0.5) is 0 Å². The average molecular weight is 271 g/mol. The Bertz CT molecular complexity index is 677. The Morgan fingerprint density at radius 1 is 1.35 bits per heavy atom. The fourth-order valence-electron chi connectivity index (χ4n) is 3.24. The molecular formula is C15H17N3O2. The zero-order valence-electron chi connectivity index (χ0n) is 11.6. The molecule has 5 heteroatoms. The van der Waals surface area contributed by atoms with E-state index in [2.05, 4.69) is 17.0 Å². The second-order valence-corrected chi connectivity index (χ2v) is 5.79. The van der Waals surface area contributed by atoms with E-state index in [1.54, 1.807) is 23.1 Å². The van der Waals surface area contributed by atoms with Crippen LogP contribution in [0.2, 0.25) is 0 Å². The molecule has 104 valence electrons. The Labute approximate surface area is 117 Å². The number of hydrogen-bond donors (Lipinski definition) is 0.